The Hall–Kier alpha value is -2.35. The lowest BCUT2D eigenvalue weighted by Gasteiger charge is -2.11. The largest absolute Gasteiger partial charge is 0.315 e. The third-order valence-corrected chi connectivity index (χ3v) is 3.42. The Balaban J connectivity index is 2.42. The summed E-state index contributed by atoms with van der Waals surface area (Å²) in [5.41, 5.74) is 2.33. The zero-order chi connectivity index (χ0) is 13.2. The molecule has 0 radical (unpaired) electrons. The molecule has 0 saturated heterocycles. The van der Waals surface area contributed by atoms with Crippen LogP contribution in [0.25, 0.3) is 21.9 Å². The van der Waals surface area contributed by atoms with Crippen molar-refractivity contribution in [3.05, 3.63) is 71.1 Å². The highest BCUT2D eigenvalue weighted by Crippen LogP contribution is 2.26. The van der Waals surface area contributed by atoms with Crippen molar-refractivity contribution < 1.29 is 0 Å². The van der Waals surface area contributed by atoms with Crippen LogP contribution < -0.4 is 5.56 Å². The predicted octanol–water partition coefficient (Wildman–Crippen LogP) is 3.69. The summed E-state index contributed by atoms with van der Waals surface area (Å²) in [6.07, 6.45) is 1.96. The average molecular weight is 249 g/mol. The molecule has 2 nitrogen and oxygen atoms in total. The second-order valence-corrected chi connectivity index (χ2v) is 4.55. The molecule has 0 unspecified atom stereocenters. The lowest BCUT2D eigenvalue weighted by atomic mass is 10.0. The van der Waals surface area contributed by atoms with E-state index < -0.39 is 0 Å². The van der Waals surface area contributed by atoms with E-state index in [0.29, 0.717) is 6.54 Å². The lowest BCUT2D eigenvalue weighted by molar-refractivity contribution is 0.736. The molecule has 0 saturated carbocycles. The van der Waals surface area contributed by atoms with Crippen molar-refractivity contribution in [1.82, 2.24) is 4.57 Å². The second-order valence-electron chi connectivity index (χ2n) is 4.55. The summed E-state index contributed by atoms with van der Waals surface area (Å²) >= 11 is 0. The normalized spacial score (nSPS) is 10.8. The number of nitrogens with zero attached hydrogens (tertiary/aromatic N) is 1. The first-order chi connectivity index (χ1) is 9.31. The van der Waals surface area contributed by atoms with Crippen LogP contribution >= 0.6 is 0 Å². The number of aromatic nitrogens is 1. The molecule has 0 N–H and O–H groups in total. The minimum atomic E-state index is 0.0813. The van der Waals surface area contributed by atoms with Gasteiger partial charge in [0.05, 0.1) is 0 Å². The molecule has 1 heterocycles. The average Bonchev–Trinajstić information content (AvgIpc) is 2.49. The van der Waals surface area contributed by atoms with E-state index in [0.717, 1.165) is 21.9 Å². The summed E-state index contributed by atoms with van der Waals surface area (Å²) in [5.74, 6) is 0. The molecule has 0 aliphatic rings. The highest BCUT2D eigenvalue weighted by atomic mass is 16.1. The van der Waals surface area contributed by atoms with Gasteiger partial charge in [-0.3, -0.25) is 4.79 Å². The monoisotopic (exact) mass is 249 g/mol. The molecule has 3 aromatic rings. The molecule has 2 heteroatoms. The number of fused-ring (bicyclic) bond motifs is 1. The van der Waals surface area contributed by atoms with Crippen LogP contribution in [0.2, 0.25) is 0 Å². The predicted molar refractivity (Wildman–Crippen MR) is 79.3 cm³/mol. The maximum atomic E-state index is 12.3. The fourth-order valence-electron chi connectivity index (χ4n) is 2.43. The third-order valence-electron chi connectivity index (χ3n) is 3.42. The molecule has 19 heavy (non-hydrogen) atoms. The second kappa shape index (κ2) is 4.73. The van der Waals surface area contributed by atoms with Gasteiger partial charge < -0.3 is 4.57 Å². The molecule has 94 valence electrons. The van der Waals surface area contributed by atoms with Crippen LogP contribution in [-0.2, 0) is 6.54 Å². The lowest BCUT2D eigenvalue weighted by Crippen LogP contribution is -2.19. The van der Waals surface area contributed by atoms with Crippen LogP contribution in [0.15, 0.2) is 65.6 Å². The Morgan fingerprint density at radius 2 is 1.53 bits per heavy atom. The van der Waals surface area contributed by atoms with Gasteiger partial charge >= 0.3 is 0 Å². The van der Waals surface area contributed by atoms with E-state index in [9.17, 15) is 4.79 Å². The van der Waals surface area contributed by atoms with Crippen molar-refractivity contribution in [2.45, 2.75) is 13.5 Å². The zero-order valence-electron chi connectivity index (χ0n) is 10.8. The Kier molecular flexibility index (Phi) is 2.92. The maximum Gasteiger partial charge on any atom is 0.258 e. The van der Waals surface area contributed by atoms with Crippen molar-refractivity contribution in [1.29, 1.82) is 0 Å². The number of aryl methyl sites for hydroxylation is 1. The van der Waals surface area contributed by atoms with E-state index in [1.54, 1.807) is 4.57 Å². The van der Waals surface area contributed by atoms with Crippen molar-refractivity contribution >= 4 is 10.8 Å². The quantitative estimate of drug-likeness (QED) is 0.679. The van der Waals surface area contributed by atoms with E-state index in [-0.39, 0.29) is 5.56 Å². The number of rotatable bonds is 2. The Morgan fingerprint density at radius 1 is 0.895 bits per heavy atom. The van der Waals surface area contributed by atoms with E-state index >= 15 is 0 Å². The van der Waals surface area contributed by atoms with E-state index in [4.69, 9.17) is 0 Å². The minimum absolute atomic E-state index is 0.0813. The molecule has 0 atom stereocenters. The van der Waals surface area contributed by atoms with Crippen LogP contribution in [0.5, 0.6) is 0 Å². The van der Waals surface area contributed by atoms with Gasteiger partial charge in [-0.25, -0.2) is 0 Å². The highest BCUT2D eigenvalue weighted by Gasteiger charge is 2.08. The van der Waals surface area contributed by atoms with Gasteiger partial charge in [-0.1, -0.05) is 48.5 Å². The van der Waals surface area contributed by atoms with Crippen molar-refractivity contribution in [3.63, 3.8) is 0 Å². The maximum absolute atomic E-state index is 12.3. The van der Waals surface area contributed by atoms with E-state index in [2.05, 4.69) is 12.1 Å². The topological polar surface area (TPSA) is 22.0 Å². The van der Waals surface area contributed by atoms with Gasteiger partial charge in [-0.2, -0.15) is 0 Å². The fraction of sp³-hybridized carbons (Fsp3) is 0.118. The number of benzene rings is 2. The first-order valence-electron chi connectivity index (χ1n) is 6.49. The number of pyridine rings is 1. The summed E-state index contributed by atoms with van der Waals surface area (Å²) in [5, 5.41) is 1.80. The van der Waals surface area contributed by atoms with Crippen LogP contribution in [0.3, 0.4) is 0 Å². The van der Waals surface area contributed by atoms with Gasteiger partial charge in [-0.05, 0) is 23.9 Å². The summed E-state index contributed by atoms with van der Waals surface area (Å²) in [4.78, 5) is 12.3. The Morgan fingerprint density at radius 3 is 2.21 bits per heavy atom. The standard InChI is InChI=1S/C17H15NO/c1-2-18-12-16(13-8-4-3-5-9-13)14-10-6-7-11-15(14)17(18)19/h3-12H,2H2,1H3. The van der Waals surface area contributed by atoms with Gasteiger partial charge in [0.25, 0.3) is 5.56 Å². The van der Waals surface area contributed by atoms with Gasteiger partial charge in [0.15, 0.2) is 0 Å². The van der Waals surface area contributed by atoms with Crippen LogP contribution in [0, 0.1) is 0 Å². The third kappa shape index (κ3) is 1.95. The summed E-state index contributed by atoms with van der Waals surface area (Å²) in [7, 11) is 0. The molecule has 0 spiro atoms. The van der Waals surface area contributed by atoms with E-state index in [1.165, 1.54) is 0 Å². The first-order valence-corrected chi connectivity index (χ1v) is 6.49. The van der Waals surface area contributed by atoms with Crippen LogP contribution in [-0.4, -0.2) is 4.57 Å². The molecule has 2 aromatic carbocycles. The highest BCUT2D eigenvalue weighted by molar-refractivity contribution is 5.95. The van der Waals surface area contributed by atoms with Gasteiger partial charge in [0.1, 0.15) is 0 Å². The smallest absolute Gasteiger partial charge is 0.258 e. The molecule has 0 aliphatic heterocycles. The van der Waals surface area contributed by atoms with Crippen LogP contribution in [0.1, 0.15) is 6.92 Å². The number of hydrogen-bond donors (Lipinski definition) is 0. The van der Waals surface area contributed by atoms with Crippen molar-refractivity contribution in [2.24, 2.45) is 0 Å². The van der Waals surface area contributed by atoms with Crippen molar-refractivity contribution in [2.75, 3.05) is 0 Å². The summed E-state index contributed by atoms with van der Waals surface area (Å²) in [6, 6.07) is 18.0. The molecule has 3 rings (SSSR count). The zero-order valence-corrected chi connectivity index (χ0v) is 10.8. The molecule has 0 bridgehead atoms. The molecule has 1 aromatic heterocycles. The molecule has 0 amide bonds. The van der Waals surface area contributed by atoms with Gasteiger partial charge in [0, 0.05) is 23.7 Å². The number of hydrogen-bond acceptors (Lipinski definition) is 1. The SMILES string of the molecule is CCn1cc(-c2ccccc2)c2ccccc2c1=O. The summed E-state index contributed by atoms with van der Waals surface area (Å²) in [6.45, 7) is 2.68. The summed E-state index contributed by atoms with van der Waals surface area (Å²) < 4.78 is 1.77. The van der Waals surface area contributed by atoms with E-state index in [1.807, 2.05) is 55.6 Å². The Bertz CT molecular complexity index is 772. The van der Waals surface area contributed by atoms with Crippen molar-refractivity contribution in [3.8, 4) is 11.1 Å². The van der Waals surface area contributed by atoms with Gasteiger partial charge in [0.2, 0.25) is 0 Å². The fourth-order valence-corrected chi connectivity index (χ4v) is 2.43. The molecular weight excluding hydrogens is 234 g/mol. The Labute approximate surface area is 111 Å². The first kappa shape index (κ1) is 11.7. The van der Waals surface area contributed by atoms with Crippen LogP contribution in [0.4, 0.5) is 0 Å². The minimum Gasteiger partial charge on any atom is -0.315 e. The van der Waals surface area contributed by atoms with Gasteiger partial charge in [-0.15, -0.1) is 0 Å². The molecule has 0 fully saturated rings. The molecular formula is C17H15NO. The molecule has 0 aliphatic carbocycles.